The molecule has 1 unspecified atom stereocenters. The standard InChI is InChI=1S/C10H14O4/c1-13-10(12)6-8(7-11)5-9-3-2-4-14-9/h2-4,8,11H,5-7H2,1H3. The number of methoxy groups -OCH3 is 1. The molecule has 0 aliphatic heterocycles. The highest BCUT2D eigenvalue weighted by molar-refractivity contribution is 5.69. The van der Waals surface area contributed by atoms with Gasteiger partial charge >= 0.3 is 5.97 Å². The van der Waals surface area contributed by atoms with Crippen LogP contribution in [-0.4, -0.2) is 24.8 Å². The highest BCUT2D eigenvalue weighted by Gasteiger charge is 2.15. The van der Waals surface area contributed by atoms with Crippen molar-refractivity contribution in [2.24, 2.45) is 5.92 Å². The fraction of sp³-hybridized carbons (Fsp3) is 0.500. The van der Waals surface area contributed by atoms with Crippen LogP contribution in [0.4, 0.5) is 0 Å². The Morgan fingerprint density at radius 1 is 1.71 bits per heavy atom. The molecule has 0 aliphatic rings. The smallest absolute Gasteiger partial charge is 0.305 e. The zero-order chi connectivity index (χ0) is 10.4. The van der Waals surface area contributed by atoms with E-state index in [1.165, 1.54) is 7.11 Å². The van der Waals surface area contributed by atoms with Crippen LogP contribution in [-0.2, 0) is 16.0 Å². The Morgan fingerprint density at radius 3 is 3.00 bits per heavy atom. The Morgan fingerprint density at radius 2 is 2.50 bits per heavy atom. The zero-order valence-corrected chi connectivity index (χ0v) is 8.10. The van der Waals surface area contributed by atoms with Crippen molar-refractivity contribution in [2.45, 2.75) is 12.8 Å². The van der Waals surface area contributed by atoms with Crippen LogP contribution in [0.3, 0.4) is 0 Å². The van der Waals surface area contributed by atoms with E-state index in [1.54, 1.807) is 12.3 Å². The summed E-state index contributed by atoms with van der Waals surface area (Å²) in [5.74, 6) is 0.331. The molecule has 0 fully saturated rings. The molecule has 14 heavy (non-hydrogen) atoms. The second kappa shape index (κ2) is 5.44. The molecule has 0 aliphatic carbocycles. The lowest BCUT2D eigenvalue weighted by Crippen LogP contribution is -2.15. The summed E-state index contributed by atoms with van der Waals surface area (Å²) in [6, 6.07) is 3.60. The Bertz CT molecular complexity index is 266. The summed E-state index contributed by atoms with van der Waals surface area (Å²) in [5, 5.41) is 9.02. The van der Waals surface area contributed by atoms with Gasteiger partial charge in [-0.3, -0.25) is 4.79 Å². The first-order valence-electron chi connectivity index (χ1n) is 4.46. The number of carbonyl (C=O) groups is 1. The van der Waals surface area contributed by atoms with E-state index >= 15 is 0 Å². The summed E-state index contributed by atoms with van der Waals surface area (Å²) >= 11 is 0. The van der Waals surface area contributed by atoms with Gasteiger partial charge in [-0.1, -0.05) is 0 Å². The topological polar surface area (TPSA) is 59.7 Å². The summed E-state index contributed by atoms with van der Waals surface area (Å²) in [4.78, 5) is 10.9. The maximum atomic E-state index is 10.9. The first kappa shape index (κ1) is 10.8. The fourth-order valence-electron chi connectivity index (χ4n) is 1.23. The SMILES string of the molecule is COC(=O)CC(CO)Cc1ccco1. The molecule has 0 radical (unpaired) electrons. The Kier molecular flexibility index (Phi) is 4.19. The highest BCUT2D eigenvalue weighted by Crippen LogP contribution is 2.12. The van der Waals surface area contributed by atoms with E-state index in [4.69, 9.17) is 9.52 Å². The highest BCUT2D eigenvalue weighted by atomic mass is 16.5. The van der Waals surface area contributed by atoms with Crippen LogP contribution < -0.4 is 0 Å². The van der Waals surface area contributed by atoms with E-state index in [2.05, 4.69) is 4.74 Å². The number of esters is 1. The summed E-state index contributed by atoms with van der Waals surface area (Å²) < 4.78 is 9.64. The number of aliphatic hydroxyl groups is 1. The van der Waals surface area contributed by atoms with Crippen molar-refractivity contribution in [2.75, 3.05) is 13.7 Å². The molecule has 4 heteroatoms. The lowest BCUT2D eigenvalue weighted by Gasteiger charge is -2.10. The molecule has 0 saturated carbocycles. The molecule has 78 valence electrons. The van der Waals surface area contributed by atoms with Crippen molar-refractivity contribution in [1.82, 2.24) is 0 Å². The summed E-state index contributed by atoms with van der Waals surface area (Å²) in [7, 11) is 1.34. The van der Waals surface area contributed by atoms with E-state index in [0.29, 0.717) is 6.42 Å². The number of hydrogen-bond donors (Lipinski definition) is 1. The molecular weight excluding hydrogens is 184 g/mol. The number of furan rings is 1. The number of rotatable bonds is 5. The molecule has 0 saturated heterocycles. The van der Waals surface area contributed by atoms with E-state index in [0.717, 1.165) is 5.76 Å². The molecule has 4 nitrogen and oxygen atoms in total. The lowest BCUT2D eigenvalue weighted by molar-refractivity contribution is -0.142. The predicted molar refractivity (Wildman–Crippen MR) is 49.6 cm³/mol. The Balaban J connectivity index is 2.43. The molecule has 1 N–H and O–H groups in total. The molecule has 0 amide bonds. The van der Waals surface area contributed by atoms with Crippen LogP contribution in [0.5, 0.6) is 0 Å². The van der Waals surface area contributed by atoms with Crippen LogP contribution in [0.15, 0.2) is 22.8 Å². The largest absolute Gasteiger partial charge is 0.469 e. The molecule has 1 aromatic heterocycles. The second-order valence-corrected chi connectivity index (χ2v) is 3.11. The minimum atomic E-state index is -0.310. The third kappa shape index (κ3) is 3.22. The van der Waals surface area contributed by atoms with E-state index in [9.17, 15) is 4.79 Å². The van der Waals surface area contributed by atoms with Gasteiger partial charge in [-0.25, -0.2) is 0 Å². The normalized spacial score (nSPS) is 12.4. The molecule has 1 atom stereocenters. The first-order chi connectivity index (χ1) is 6.76. The second-order valence-electron chi connectivity index (χ2n) is 3.11. The first-order valence-corrected chi connectivity index (χ1v) is 4.46. The van der Waals surface area contributed by atoms with Gasteiger partial charge in [0.1, 0.15) is 5.76 Å². The van der Waals surface area contributed by atoms with Crippen LogP contribution in [0.1, 0.15) is 12.2 Å². The van der Waals surface area contributed by atoms with Gasteiger partial charge in [-0.15, -0.1) is 0 Å². The van der Waals surface area contributed by atoms with Crippen molar-refractivity contribution in [3.63, 3.8) is 0 Å². The third-order valence-electron chi connectivity index (χ3n) is 2.01. The van der Waals surface area contributed by atoms with E-state index in [1.807, 2.05) is 6.07 Å². The molecule has 1 aromatic rings. The summed E-state index contributed by atoms with van der Waals surface area (Å²) in [5.41, 5.74) is 0. The van der Waals surface area contributed by atoms with Gasteiger partial charge < -0.3 is 14.3 Å². The fourth-order valence-corrected chi connectivity index (χ4v) is 1.23. The van der Waals surface area contributed by atoms with Gasteiger partial charge in [0, 0.05) is 13.0 Å². The third-order valence-corrected chi connectivity index (χ3v) is 2.01. The van der Waals surface area contributed by atoms with Crippen molar-refractivity contribution >= 4 is 5.97 Å². The maximum absolute atomic E-state index is 10.9. The monoisotopic (exact) mass is 198 g/mol. The maximum Gasteiger partial charge on any atom is 0.305 e. The van der Waals surface area contributed by atoms with Crippen molar-refractivity contribution in [1.29, 1.82) is 0 Å². The van der Waals surface area contributed by atoms with Crippen molar-refractivity contribution in [3.8, 4) is 0 Å². The Hall–Kier alpha value is -1.29. The van der Waals surface area contributed by atoms with Crippen LogP contribution in [0.2, 0.25) is 0 Å². The van der Waals surface area contributed by atoms with Crippen LogP contribution >= 0.6 is 0 Å². The van der Waals surface area contributed by atoms with Crippen LogP contribution in [0.25, 0.3) is 0 Å². The molecule has 1 rings (SSSR count). The zero-order valence-electron chi connectivity index (χ0n) is 8.10. The van der Waals surface area contributed by atoms with Crippen molar-refractivity contribution < 1.29 is 19.1 Å². The summed E-state index contributed by atoms with van der Waals surface area (Å²) in [6.45, 7) is -0.0458. The van der Waals surface area contributed by atoms with Gasteiger partial charge in [0.15, 0.2) is 0 Å². The quantitative estimate of drug-likeness (QED) is 0.717. The number of aliphatic hydroxyl groups excluding tert-OH is 1. The average molecular weight is 198 g/mol. The van der Waals surface area contributed by atoms with Crippen LogP contribution in [0, 0.1) is 5.92 Å². The van der Waals surface area contributed by atoms with Crippen molar-refractivity contribution in [3.05, 3.63) is 24.2 Å². The number of ether oxygens (including phenoxy) is 1. The molecule has 1 heterocycles. The molecule has 0 bridgehead atoms. The minimum absolute atomic E-state index is 0.0458. The predicted octanol–water partition coefficient (Wildman–Crippen LogP) is 0.994. The van der Waals surface area contributed by atoms with Gasteiger partial charge in [-0.2, -0.15) is 0 Å². The van der Waals surface area contributed by atoms with Gasteiger partial charge in [0.2, 0.25) is 0 Å². The van der Waals surface area contributed by atoms with Gasteiger partial charge in [0.05, 0.1) is 19.8 Å². The average Bonchev–Trinajstić information content (AvgIpc) is 2.69. The minimum Gasteiger partial charge on any atom is -0.469 e. The summed E-state index contributed by atoms with van der Waals surface area (Å²) in [6.07, 6.45) is 2.34. The number of hydrogen-bond acceptors (Lipinski definition) is 4. The van der Waals surface area contributed by atoms with Gasteiger partial charge in [-0.05, 0) is 18.1 Å². The molecule has 0 aromatic carbocycles. The molecule has 0 spiro atoms. The van der Waals surface area contributed by atoms with Gasteiger partial charge in [0.25, 0.3) is 0 Å². The van der Waals surface area contributed by atoms with E-state index in [-0.39, 0.29) is 24.9 Å². The number of carbonyl (C=O) groups excluding carboxylic acids is 1. The lowest BCUT2D eigenvalue weighted by atomic mass is 10.0. The Labute approximate surface area is 82.5 Å². The van der Waals surface area contributed by atoms with E-state index < -0.39 is 0 Å². The molecular formula is C10H14O4.